The molecule has 5 heterocycles. The molecule has 0 radical (unpaired) electrons. The number of hydrogen-bond donors (Lipinski definition) is 1. The predicted molar refractivity (Wildman–Crippen MR) is 187 cm³/mol. The second-order valence-corrected chi connectivity index (χ2v) is 15.1. The highest BCUT2D eigenvalue weighted by molar-refractivity contribution is 6.04. The second kappa shape index (κ2) is 12.9. The maximum atomic E-state index is 17.1. The molecule has 5 fully saturated rings. The fourth-order valence-electron chi connectivity index (χ4n) is 8.88. The van der Waals surface area contributed by atoms with E-state index in [0.717, 1.165) is 43.4 Å². The van der Waals surface area contributed by atoms with Crippen molar-refractivity contribution in [2.45, 2.75) is 56.2 Å². The number of ether oxygens (including phenoxy) is 3. The summed E-state index contributed by atoms with van der Waals surface area (Å²) in [6.07, 6.45) is 3.21. The summed E-state index contributed by atoms with van der Waals surface area (Å²) < 4.78 is 92.1. The Morgan fingerprint density at radius 2 is 1.72 bits per heavy atom. The highest BCUT2D eigenvalue weighted by Gasteiger charge is 2.52. The van der Waals surface area contributed by atoms with Crippen LogP contribution in [0.4, 0.5) is 27.8 Å². The monoisotopic (exact) mass is 749 g/mol. The first-order valence-corrected chi connectivity index (χ1v) is 18.1. The number of phenolic OH excluding ortho intramolecular Hbond substituents is 1. The van der Waals surface area contributed by atoms with E-state index in [1.54, 1.807) is 23.1 Å². The van der Waals surface area contributed by atoms with E-state index in [-0.39, 0.29) is 71.4 Å². The zero-order valence-corrected chi connectivity index (χ0v) is 29.0. The Labute approximate surface area is 306 Å². The molecule has 3 aromatic carbocycles. The molecule has 10 nitrogen and oxygen atoms in total. The molecule has 2 bridgehead atoms. The van der Waals surface area contributed by atoms with Crippen LogP contribution in [0.2, 0.25) is 0 Å². The Balaban J connectivity index is 1.10. The van der Waals surface area contributed by atoms with Gasteiger partial charge in [0.05, 0.1) is 49.7 Å². The average Bonchev–Trinajstić information content (AvgIpc) is 3.70. The first-order chi connectivity index (χ1) is 25.9. The Kier molecular flexibility index (Phi) is 8.36. The molecule has 4 aliphatic heterocycles. The molecule has 1 N–H and O–H groups in total. The van der Waals surface area contributed by atoms with Gasteiger partial charge in [-0.2, -0.15) is 23.1 Å². The fourth-order valence-corrected chi connectivity index (χ4v) is 8.88. The van der Waals surface area contributed by atoms with Crippen LogP contribution < -0.4 is 9.64 Å². The first kappa shape index (κ1) is 35.0. The van der Waals surface area contributed by atoms with Gasteiger partial charge in [-0.05, 0) is 55.3 Å². The molecule has 1 amide bonds. The smallest absolute Gasteiger partial charge is 0.471 e. The number of piperazine rings is 1. The van der Waals surface area contributed by atoms with Crippen molar-refractivity contribution in [3.8, 4) is 35.2 Å². The number of halogens is 5. The minimum atomic E-state index is -5.03. The molecule has 4 atom stereocenters. The standard InChI is InChI=1S/C39H36F5N5O5/c1-2-21-4-3-5-22-12-25(50)13-26(31(21)22)32-28(40)14-27-34(33(32)41)45-37(54-20-38(8-9-38)19-47-17-29-30(18-47)53-11-10-52-29)46-35(27)48-15-23-6-7-24(16-48)49(23)36(51)39(42,43)44/h1,3-5,12-14,23-24,29-30,50H,6-11,15-20H2/t23?,24?,29-,30+. The molecular formula is C39H36F5N5O5. The van der Waals surface area contributed by atoms with Crippen LogP contribution >= 0.6 is 0 Å². The molecule has 5 aliphatic rings. The summed E-state index contributed by atoms with van der Waals surface area (Å²) >= 11 is 0. The number of carbonyl (C=O) groups excluding carboxylic acids is 1. The summed E-state index contributed by atoms with van der Waals surface area (Å²) in [6.45, 7) is 3.45. The maximum absolute atomic E-state index is 17.1. The van der Waals surface area contributed by atoms with Crippen LogP contribution in [-0.2, 0) is 14.3 Å². The Morgan fingerprint density at radius 3 is 2.37 bits per heavy atom. The van der Waals surface area contributed by atoms with Gasteiger partial charge in [0.25, 0.3) is 0 Å². The van der Waals surface area contributed by atoms with Gasteiger partial charge in [-0.3, -0.25) is 9.69 Å². The summed E-state index contributed by atoms with van der Waals surface area (Å²) in [5.74, 6) is -1.52. The average molecular weight is 750 g/mol. The fraction of sp³-hybridized carbons (Fsp3) is 0.462. The minimum Gasteiger partial charge on any atom is -0.508 e. The van der Waals surface area contributed by atoms with E-state index in [1.165, 1.54) is 12.1 Å². The molecular weight excluding hydrogens is 713 g/mol. The molecule has 4 saturated heterocycles. The lowest BCUT2D eigenvalue weighted by Gasteiger charge is -2.42. The number of aromatic nitrogens is 2. The first-order valence-electron chi connectivity index (χ1n) is 18.1. The van der Waals surface area contributed by atoms with Crippen molar-refractivity contribution in [1.82, 2.24) is 19.8 Å². The van der Waals surface area contributed by atoms with Crippen LogP contribution in [0.5, 0.6) is 11.8 Å². The van der Waals surface area contributed by atoms with Gasteiger partial charge in [-0.1, -0.05) is 18.1 Å². The topological polar surface area (TPSA) is 100 Å². The molecule has 282 valence electrons. The minimum absolute atomic E-state index is 0.0152. The summed E-state index contributed by atoms with van der Waals surface area (Å²) in [7, 11) is 0. The highest BCUT2D eigenvalue weighted by atomic mass is 19.4. The van der Waals surface area contributed by atoms with Crippen LogP contribution in [-0.4, -0.2) is 114 Å². The van der Waals surface area contributed by atoms with Crippen LogP contribution in [0.1, 0.15) is 31.2 Å². The summed E-state index contributed by atoms with van der Waals surface area (Å²) in [6, 6.07) is 7.02. The number of aromatic hydroxyl groups is 1. The Hall–Kier alpha value is -4.78. The van der Waals surface area contributed by atoms with Crippen molar-refractivity contribution in [3.05, 3.63) is 53.6 Å². The van der Waals surface area contributed by atoms with Crippen molar-refractivity contribution >= 4 is 33.4 Å². The number of rotatable bonds is 7. The molecule has 1 saturated carbocycles. The lowest BCUT2D eigenvalue weighted by Crippen LogP contribution is -2.59. The molecule has 54 heavy (non-hydrogen) atoms. The number of benzene rings is 3. The lowest BCUT2D eigenvalue weighted by molar-refractivity contribution is -0.188. The molecule has 1 aromatic heterocycles. The number of terminal acetylenes is 1. The van der Waals surface area contributed by atoms with Crippen molar-refractivity contribution in [2.75, 3.05) is 57.4 Å². The van der Waals surface area contributed by atoms with Gasteiger partial charge in [-0.15, -0.1) is 6.42 Å². The third-order valence-electron chi connectivity index (χ3n) is 11.5. The molecule has 9 rings (SSSR count). The van der Waals surface area contributed by atoms with Gasteiger partial charge >= 0.3 is 18.1 Å². The third kappa shape index (κ3) is 6.04. The summed E-state index contributed by atoms with van der Waals surface area (Å²) in [5, 5.41) is 11.4. The number of alkyl halides is 3. The zero-order valence-electron chi connectivity index (χ0n) is 29.0. The van der Waals surface area contributed by atoms with E-state index in [9.17, 15) is 23.1 Å². The van der Waals surface area contributed by atoms with Gasteiger partial charge in [0, 0.05) is 60.0 Å². The van der Waals surface area contributed by atoms with Gasteiger partial charge in [0.15, 0.2) is 5.82 Å². The van der Waals surface area contributed by atoms with Gasteiger partial charge in [0.1, 0.15) is 22.9 Å². The van der Waals surface area contributed by atoms with Gasteiger partial charge in [0.2, 0.25) is 0 Å². The largest absolute Gasteiger partial charge is 0.508 e. The van der Waals surface area contributed by atoms with E-state index in [2.05, 4.69) is 20.8 Å². The Morgan fingerprint density at radius 1 is 1.02 bits per heavy atom. The number of phenols is 1. The number of anilines is 1. The van der Waals surface area contributed by atoms with E-state index in [1.807, 2.05) is 0 Å². The lowest BCUT2D eigenvalue weighted by atomic mass is 9.93. The normalized spacial score (nSPS) is 24.9. The molecule has 15 heteroatoms. The SMILES string of the molecule is C#Cc1cccc2cc(O)cc(-c3c(F)cc4c(N5CC6CCC(C5)N6C(=O)C(F)(F)F)nc(OCC5(CN6C[C@@H]7OCCO[C@@H]7C6)CC5)nc4c3F)c12. The molecule has 0 spiro atoms. The highest BCUT2D eigenvalue weighted by Crippen LogP contribution is 2.48. The number of fused-ring (bicyclic) bond motifs is 5. The van der Waals surface area contributed by atoms with E-state index < -0.39 is 41.4 Å². The number of nitrogens with zero attached hydrogens (tertiary/aromatic N) is 5. The molecule has 4 aromatic rings. The van der Waals surface area contributed by atoms with Crippen LogP contribution in [0.3, 0.4) is 0 Å². The molecule has 2 unspecified atom stereocenters. The van der Waals surface area contributed by atoms with E-state index in [4.69, 9.17) is 20.6 Å². The van der Waals surface area contributed by atoms with Crippen molar-refractivity contribution < 1.29 is 46.1 Å². The maximum Gasteiger partial charge on any atom is 0.471 e. The molecule has 1 aliphatic carbocycles. The van der Waals surface area contributed by atoms with Crippen LogP contribution in [0.15, 0.2) is 36.4 Å². The number of hydrogen-bond acceptors (Lipinski definition) is 9. The number of amides is 1. The zero-order chi connectivity index (χ0) is 37.5. The quantitative estimate of drug-likeness (QED) is 0.196. The van der Waals surface area contributed by atoms with E-state index in [0.29, 0.717) is 42.4 Å². The van der Waals surface area contributed by atoms with Crippen molar-refractivity contribution in [1.29, 1.82) is 0 Å². The Bertz CT molecular complexity index is 2200. The van der Waals surface area contributed by atoms with Crippen molar-refractivity contribution in [3.63, 3.8) is 0 Å². The number of carbonyl (C=O) groups is 1. The number of likely N-dealkylation sites (tertiary alicyclic amines) is 1. The van der Waals surface area contributed by atoms with E-state index >= 15 is 8.78 Å². The third-order valence-corrected chi connectivity index (χ3v) is 11.5. The predicted octanol–water partition coefficient (Wildman–Crippen LogP) is 5.42. The van der Waals surface area contributed by atoms with Crippen LogP contribution in [0, 0.1) is 29.4 Å². The van der Waals surface area contributed by atoms with Gasteiger partial charge < -0.3 is 29.1 Å². The van der Waals surface area contributed by atoms with Crippen molar-refractivity contribution in [2.24, 2.45) is 5.41 Å². The second-order valence-electron chi connectivity index (χ2n) is 15.1. The summed E-state index contributed by atoms with van der Waals surface area (Å²) in [4.78, 5) is 26.4. The summed E-state index contributed by atoms with van der Waals surface area (Å²) in [5.41, 5.74) is -0.578. The van der Waals surface area contributed by atoms with Crippen LogP contribution in [0.25, 0.3) is 32.8 Å². The van der Waals surface area contributed by atoms with Gasteiger partial charge in [-0.25, -0.2) is 8.78 Å².